The number of amides is 1. The van der Waals surface area contributed by atoms with Crippen LogP contribution < -0.4 is 14.8 Å². The summed E-state index contributed by atoms with van der Waals surface area (Å²) >= 11 is 0. The molecule has 0 saturated heterocycles. The van der Waals surface area contributed by atoms with Gasteiger partial charge >= 0.3 is 0 Å². The molecule has 2 aliphatic rings. The predicted octanol–water partition coefficient (Wildman–Crippen LogP) is 4.41. The molecule has 1 aromatic carbocycles. The zero-order valence-electron chi connectivity index (χ0n) is 20.1. The Hall–Kier alpha value is -2.94. The first-order chi connectivity index (χ1) is 16.1. The van der Waals surface area contributed by atoms with Crippen molar-refractivity contribution >= 4 is 27.5 Å². The molecule has 8 nitrogen and oxygen atoms in total. The van der Waals surface area contributed by atoms with Crippen molar-refractivity contribution in [2.24, 2.45) is 11.8 Å². The Morgan fingerprint density at radius 1 is 1.21 bits per heavy atom. The molecule has 4 rings (SSSR count). The zero-order chi connectivity index (χ0) is 24.5. The molecule has 0 fully saturated rings. The van der Waals surface area contributed by atoms with Gasteiger partial charge in [-0.25, -0.2) is 18.1 Å². The highest BCUT2D eigenvalue weighted by molar-refractivity contribution is 7.92. The lowest BCUT2D eigenvalue weighted by Crippen LogP contribution is -2.40. The lowest BCUT2D eigenvalue weighted by molar-refractivity contribution is 0.0913. The van der Waals surface area contributed by atoms with Crippen molar-refractivity contribution in [3.05, 3.63) is 47.2 Å². The first-order valence-electron chi connectivity index (χ1n) is 11.8. The third-order valence-corrected chi connectivity index (χ3v) is 7.60. The summed E-state index contributed by atoms with van der Waals surface area (Å²) in [6, 6.07) is 7.46. The first-order valence-corrected chi connectivity index (χ1v) is 13.3. The number of allylic oxidation sites excluding steroid dienone is 2. The zero-order valence-corrected chi connectivity index (χ0v) is 20.9. The van der Waals surface area contributed by atoms with E-state index in [9.17, 15) is 13.2 Å². The van der Waals surface area contributed by atoms with Gasteiger partial charge in [0.05, 0.1) is 16.6 Å². The molecule has 2 atom stereocenters. The van der Waals surface area contributed by atoms with E-state index in [1.54, 1.807) is 18.2 Å². The molecule has 1 unspecified atom stereocenters. The molecule has 1 amide bonds. The van der Waals surface area contributed by atoms with Crippen molar-refractivity contribution in [1.82, 2.24) is 15.3 Å². The van der Waals surface area contributed by atoms with Crippen LogP contribution in [-0.2, 0) is 10.0 Å². The number of carbonyl (C=O) groups is 1. The topological polar surface area (TPSA) is 110 Å². The molecule has 0 radical (unpaired) electrons. The summed E-state index contributed by atoms with van der Waals surface area (Å²) in [5, 5.41) is 2.99. The molecule has 2 N–H and O–H groups in total. The maximum atomic E-state index is 13.1. The Kier molecular flexibility index (Phi) is 6.93. The number of ether oxygens (including phenoxy) is 1. The van der Waals surface area contributed by atoms with Gasteiger partial charge < -0.3 is 10.1 Å². The van der Waals surface area contributed by atoms with Gasteiger partial charge in [0.15, 0.2) is 0 Å². The standard InChI is InChI=1S/C25H32N4O4S/c1-15(2)11-19-14-33-22-13-21(23-16(3)7-5-8-17(23)4)27-25(28-22)29-34(31,32)20-10-6-9-18(12-20)24(30)26-19/h6,9-10,12-13,15-16,19H,5,7-8,11,14H2,1-4H3,(H,26,30)(H,27,28,29)/t16?,19-/m1/s1. The summed E-state index contributed by atoms with van der Waals surface area (Å²) in [6.07, 6.45) is 3.85. The van der Waals surface area contributed by atoms with Gasteiger partial charge in [0.25, 0.3) is 15.9 Å². The molecule has 0 saturated carbocycles. The number of carbonyl (C=O) groups excluding carboxylic acids is 1. The highest BCUT2D eigenvalue weighted by Crippen LogP contribution is 2.37. The highest BCUT2D eigenvalue weighted by Gasteiger charge is 2.25. The van der Waals surface area contributed by atoms with Crippen molar-refractivity contribution in [3.63, 3.8) is 0 Å². The maximum absolute atomic E-state index is 13.1. The van der Waals surface area contributed by atoms with Crippen LogP contribution in [-0.4, -0.2) is 36.9 Å². The number of hydrogen-bond acceptors (Lipinski definition) is 6. The lowest BCUT2D eigenvalue weighted by atomic mass is 9.83. The summed E-state index contributed by atoms with van der Waals surface area (Å²) in [5.74, 6) is 0.503. The van der Waals surface area contributed by atoms with Crippen LogP contribution in [0, 0.1) is 11.8 Å². The Balaban J connectivity index is 1.82. The SMILES string of the molecule is CC1=C(c2cc3nc(n2)NS(=O)(=O)c2cccc(c2)C(=O)N[C@H](CC(C)C)CO3)C(C)CCC1. The van der Waals surface area contributed by atoms with Gasteiger partial charge in [-0.15, -0.1) is 0 Å². The fraction of sp³-hybridized carbons (Fsp3) is 0.480. The number of hydrogen-bond donors (Lipinski definition) is 2. The maximum Gasteiger partial charge on any atom is 0.264 e. The molecule has 4 bridgehead atoms. The number of aromatic nitrogens is 2. The molecule has 34 heavy (non-hydrogen) atoms. The van der Waals surface area contributed by atoms with Gasteiger partial charge in [-0.1, -0.05) is 32.4 Å². The minimum absolute atomic E-state index is 0.0299. The van der Waals surface area contributed by atoms with Crippen LogP contribution in [0.3, 0.4) is 0 Å². The summed E-state index contributed by atoms with van der Waals surface area (Å²) in [5.41, 5.74) is 3.28. The predicted molar refractivity (Wildman–Crippen MR) is 131 cm³/mol. The fourth-order valence-electron chi connectivity index (χ4n) is 4.70. The monoisotopic (exact) mass is 484 g/mol. The Morgan fingerprint density at radius 3 is 2.74 bits per heavy atom. The van der Waals surface area contributed by atoms with Crippen LogP contribution in [0.2, 0.25) is 0 Å². The molecule has 1 aromatic heterocycles. The quantitative estimate of drug-likeness (QED) is 0.668. The van der Waals surface area contributed by atoms with E-state index >= 15 is 0 Å². The van der Waals surface area contributed by atoms with E-state index in [2.05, 4.69) is 47.7 Å². The van der Waals surface area contributed by atoms with Gasteiger partial charge in [-0.05, 0) is 68.2 Å². The summed E-state index contributed by atoms with van der Waals surface area (Å²) in [7, 11) is -4.02. The first kappa shape index (κ1) is 24.2. The molecule has 182 valence electrons. The van der Waals surface area contributed by atoms with Crippen molar-refractivity contribution in [3.8, 4) is 5.88 Å². The van der Waals surface area contributed by atoms with E-state index in [0.29, 0.717) is 24.0 Å². The van der Waals surface area contributed by atoms with Crippen LogP contribution >= 0.6 is 0 Å². The highest BCUT2D eigenvalue weighted by atomic mass is 32.2. The van der Waals surface area contributed by atoms with Gasteiger partial charge in [-0.2, -0.15) is 4.98 Å². The normalized spacial score (nSPS) is 22.6. The minimum atomic E-state index is -4.02. The van der Waals surface area contributed by atoms with Gasteiger partial charge in [0, 0.05) is 11.6 Å². The second kappa shape index (κ2) is 9.74. The fourth-order valence-corrected chi connectivity index (χ4v) is 5.69. The van der Waals surface area contributed by atoms with Crippen LogP contribution in [0.1, 0.15) is 69.4 Å². The van der Waals surface area contributed by atoms with Gasteiger partial charge in [0.2, 0.25) is 11.8 Å². The number of rotatable bonds is 3. The van der Waals surface area contributed by atoms with Crippen molar-refractivity contribution in [1.29, 1.82) is 0 Å². The molecule has 0 spiro atoms. The second-order valence-electron chi connectivity index (χ2n) is 9.65. The van der Waals surface area contributed by atoms with Crippen LogP contribution in [0.4, 0.5) is 5.95 Å². The Labute approximate surface area is 201 Å². The van der Waals surface area contributed by atoms with E-state index < -0.39 is 10.0 Å². The largest absolute Gasteiger partial charge is 0.475 e. The van der Waals surface area contributed by atoms with E-state index in [-0.39, 0.29) is 40.8 Å². The van der Waals surface area contributed by atoms with E-state index in [4.69, 9.17) is 4.74 Å². The third kappa shape index (κ3) is 5.41. The molecule has 9 heteroatoms. The van der Waals surface area contributed by atoms with E-state index in [1.807, 2.05) is 0 Å². The van der Waals surface area contributed by atoms with Crippen LogP contribution in [0.15, 0.2) is 40.8 Å². The number of anilines is 1. The lowest BCUT2D eigenvalue weighted by Gasteiger charge is -2.25. The number of nitrogens with one attached hydrogen (secondary N) is 2. The molecular weight excluding hydrogens is 452 g/mol. The van der Waals surface area contributed by atoms with Crippen molar-refractivity contribution in [2.45, 2.75) is 64.3 Å². The van der Waals surface area contributed by atoms with Crippen LogP contribution in [0.25, 0.3) is 5.57 Å². The number of fused-ring (bicyclic) bond motifs is 4. The smallest absolute Gasteiger partial charge is 0.264 e. The number of nitrogens with zero attached hydrogens (tertiary/aromatic N) is 2. The Morgan fingerprint density at radius 2 is 2.00 bits per heavy atom. The molecule has 2 heterocycles. The summed E-state index contributed by atoms with van der Waals surface area (Å²) in [4.78, 5) is 21.8. The van der Waals surface area contributed by atoms with E-state index in [0.717, 1.165) is 24.8 Å². The average Bonchev–Trinajstić information content (AvgIpc) is 2.76. The second-order valence-corrected chi connectivity index (χ2v) is 11.3. The minimum Gasteiger partial charge on any atom is -0.475 e. The molecule has 1 aliphatic carbocycles. The molecule has 1 aliphatic heterocycles. The van der Waals surface area contributed by atoms with Crippen molar-refractivity contribution < 1.29 is 17.9 Å². The summed E-state index contributed by atoms with van der Waals surface area (Å²) in [6.45, 7) is 8.61. The average molecular weight is 485 g/mol. The third-order valence-electron chi connectivity index (χ3n) is 6.28. The molecule has 2 aromatic rings. The van der Waals surface area contributed by atoms with Crippen molar-refractivity contribution in [2.75, 3.05) is 11.3 Å². The number of benzene rings is 1. The molecular formula is C25H32N4O4S. The Bertz CT molecular complexity index is 1220. The summed E-state index contributed by atoms with van der Waals surface area (Å²) < 4.78 is 34.8. The van der Waals surface area contributed by atoms with E-state index in [1.165, 1.54) is 17.7 Å². The van der Waals surface area contributed by atoms with Crippen LogP contribution in [0.5, 0.6) is 5.88 Å². The number of sulfonamides is 1. The van der Waals surface area contributed by atoms with Gasteiger partial charge in [-0.3, -0.25) is 4.79 Å². The van der Waals surface area contributed by atoms with Gasteiger partial charge in [0.1, 0.15) is 6.61 Å².